The first-order chi connectivity index (χ1) is 24.9. The monoisotopic (exact) mass is 801 g/mol. The van der Waals surface area contributed by atoms with Crippen LogP contribution in [0.1, 0.15) is 157 Å². The highest BCUT2D eigenvalue weighted by atomic mass is 32.2. The maximum atomic E-state index is 12.9. The second-order valence-corrected chi connectivity index (χ2v) is 23.1. The lowest BCUT2D eigenvalue weighted by Crippen LogP contribution is -2.45. The predicted molar refractivity (Wildman–Crippen MR) is 238 cm³/mol. The molecule has 4 N–H and O–H groups in total. The second kappa shape index (κ2) is 19.4. The summed E-state index contributed by atoms with van der Waals surface area (Å²) in [6, 6.07) is 8.38. The van der Waals surface area contributed by atoms with Gasteiger partial charge in [0.25, 0.3) is 0 Å². The summed E-state index contributed by atoms with van der Waals surface area (Å²) in [6.45, 7) is 34.9. The Morgan fingerprint density at radius 1 is 0.509 bits per heavy atom. The maximum Gasteiger partial charge on any atom is 0.221 e. The third-order valence-electron chi connectivity index (χ3n) is 9.51. The van der Waals surface area contributed by atoms with Crippen LogP contribution in [0.2, 0.25) is 0 Å². The van der Waals surface area contributed by atoms with Crippen molar-refractivity contribution in [1.82, 2.24) is 10.6 Å². The molecule has 2 amide bonds. The molecule has 2 rings (SSSR count). The highest BCUT2D eigenvalue weighted by molar-refractivity contribution is 7.99. The van der Waals surface area contributed by atoms with Gasteiger partial charge in [0.15, 0.2) is 0 Å². The molecule has 0 aromatic heterocycles. The van der Waals surface area contributed by atoms with Crippen LogP contribution in [0, 0.1) is 0 Å². The van der Waals surface area contributed by atoms with Gasteiger partial charge in [-0.3, -0.25) is 9.59 Å². The van der Waals surface area contributed by atoms with Gasteiger partial charge in [-0.25, -0.2) is 0 Å². The quantitative estimate of drug-likeness (QED) is 0.111. The molecule has 312 valence electrons. The summed E-state index contributed by atoms with van der Waals surface area (Å²) < 4.78 is 5.81. The number of benzene rings is 2. The van der Waals surface area contributed by atoms with Crippen molar-refractivity contribution in [1.29, 1.82) is 0 Å². The van der Waals surface area contributed by atoms with Crippen molar-refractivity contribution in [3.8, 4) is 11.5 Å². The zero-order chi connectivity index (χ0) is 42.2. The van der Waals surface area contributed by atoms with Crippen LogP contribution in [0.3, 0.4) is 0 Å². The number of hydrogen-bond donors (Lipinski definition) is 4. The fraction of sp³-hybridized carbons (Fsp3) is 0.696. The van der Waals surface area contributed by atoms with E-state index in [4.69, 9.17) is 4.74 Å². The maximum absolute atomic E-state index is 12.9. The third-order valence-corrected chi connectivity index (χ3v) is 11.4. The van der Waals surface area contributed by atoms with Gasteiger partial charge in [-0.05, 0) is 95.6 Å². The Bertz CT molecular complexity index is 1400. The first-order valence-electron chi connectivity index (χ1n) is 20.0. The summed E-state index contributed by atoms with van der Waals surface area (Å²) in [5.41, 5.74) is 4.31. The van der Waals surface area contributed by atoms with Gasteiger partial charge in [0, 0.05) is 46.9 Å². The Labute approximate surface area is 343 Å². The van der Waals surface area contributed by atoms with Crippen LogP contribution in [0.5, 0.6) is 11.5 Å². The molecule has 0 bridgehead atoms. The van der Waals surface area contributed by atoms with Crippen molar-refractivity contribution in [2.24, 2.45) is 0 Å². The number of phenols is 2. The lowest BCUT2D eigenvalue weighted by molar-refractivity contribution is -0.123. The van der Waals surface area contributed by atoms with Crippen LogP contribution >= 0.6 is 23.5 Å². The lowest BCUT2D eigenvalue weighted by atomic mass is 9.77. The van der Waals surface area contributed by atoms with Crippen LogP contribution in [-0.4, -0.2) is 69.3 Å². The zero-order valence-electron chi connectivity index (χ0n) is 37.3. The van der Waals surface area contributed by atoms with Crippen LogP contribution in [0.4, 0.5) is 0 Å². The van der Waals surface area contributed by atoms with Crippen molar-refractivity contribution in [2.75, 3.05) is 36.2 Å². The molecule has 55 heavy (non-hydrogen) atoms. The van der Waals surface area contributed by atoms with E-state index in [1.807, 2.05) is 0 Å². The molecule has 2 aromatic rings. The molecule has 0 atom stereocenters. The predicted octanol–water partition coefficient (Wildman–Crippen LogP) is 10.1. The number of amides is 2. The molecule has 7 nitrogen and oxygen atoms in total. The van der Waals surface area contributed by atoms with Gasteiger partial charge in [-0.15, -0.1) is 0 Å². The minimum atomic E-state index is -0.429. The average molecular weight is 801 g/mol. The van der Waals surface area contributed by atoms with E-state index < -0.39 is 11.1 Å². The molecule has 0 aliphatic rings. The number of hydrogen-bond acceptors (Lipinski definition) is 7. The highest BCUT2D eigenvalue weighted by Gasteiger charge is 2.30. The van der Waals surface area contributed by atoms with E-state index in [0.29, 0.717) is 50.4 Å². The summed E-state index contributed by atoms with van der Waals surface area (Å²) in [4.78, 5) is 25.7. The third kappa shape index (κ3) is 16.6. The van der Waals surface area contributed by atoms with Crippen molar-refractivity contribution in [2.45, 2.75) is 169 Å². The molecule has 0 saturated carbocycles. The largest absolute Gasteiger partial charge is 0.507 e. The Balaban J connectivity index is 1.68. The van der Waals surface area contributed by atoms with Gasteiger partial charge in [0.1, 0.15) is 11.5 Å². The number of aromatic hydroxyl groups is 2. The first kappa shape index (κ1) is 48.8. The minimum absolute atomic E-state index is 0.0396. The number of carbonyl (C=O) groups excluding carboxylic acids is 2. The molecule has 0 spiro atoms. The highest BCUT2D eigenvalue weighted by Crippen LogP contribution is 2.42. The van der Waals surface area contributed by atoms with Gasteiger partial charge in [-0.1, -0.05) is 107 Å². The van der Waals surface area contributed by atoms with Gasteiger partial charge in [0.2, 0.25) is 11.8 Å². The molecule has 0 saturated heterocycles. The smallest absolute Gasteiger partial charge is 0.221 e. The Morgan fingerprint density at radius 2 is 0.782 bits per heavy atom. The van der Waals surface area contributed by atoms with Crippen LogP contribution in [0.25, 0.3) is 0 Å². The summed E-state index contributed by atoms with van der Waals surface area (Å²) >= 11 is 3.44. The second-order valence-electron chi connectivity index (χ2n) is 20.6. The summed E-state index contributed by atoms with van der Waals surface area (Å²) in [7, 11) is 0. The normalized spacial score (nSPS) is 13.2. The lowest BCUT2D eigenvalue weighted by Gasteiger charge is -2.31. The van der Waals surface area contributed by atoms with Crippen molar-refractivity contribution >= 4 is 35.3 Å². The van der Waals surface area contributed by atoms with Crippen molar-refractivity contribution in [3.05, 3.63) is 57.6 Å². The van der Waals surface area contributed by atoms with Gasteiger partial charge >= 0.3 is 0 Å². The van der Waals surface area contributed by atoms with E-state index in [-0.39, 0.29) is 33.5 Å². The fourth-order valence-electron chi connectivity index (χ4n) is 6.74. The summed E-state index contributed by atoms with van der Waals surface area (Å²) in [5, 5.41) is 28.6. The van der Waals surface area contributed by atoms with Crippen LogP contribution in [-0.2, 0) is 48.8 Å². The number of rotatable bonds is 18. The Kier molecular flexibility index (Phi) is 17.2. The Hall–Kier alpha value is -2.36. The van der Waals surface area contributed by atoms with Gasteiger partial charge in [-0.2, -0.15) is 23.5 Å². The minimum Gasteiger partial charge on any atom is -0.507 e. The molecule has 2 aromatic carbocycles. The van der Waals surface area contributed by atoms with E-state index in [9.17, 15) is 19.8 Å². The number of ether oxygens (including phenoxy) is 1. The number of thioether (sulfide) groups is 2. The van der Waals surface area contributed by atoms with E-state index in [0.717, 1.165) is 56.4 Å². The number of carbonyl (C=O) groups is 2. The van der Waals surface area contributed by atoms with E-state index in [2.05, 4.69) is 146 Å². The number of phenolic OH excluding ortho intramolecular Hbond substituents is 2. The molecule has 0 unspecified atom stereocenters. The van der Waals surface area contributed by atoms with Crippen LogP contribution in [0.15, 0.2) is 24.3 Å². The van der Waals surface area contributed by atoms with Crippen molar-refractivity contribution < 1.29 is 24.5 Å². The standard InChI is InChI=1S/C46H76N2O5S2/c1-41(2,3)33-25-31(26-34(39(33)51)42(4,5)6)29-45(13,14)47-37(49)17-21-54-23-19-53-20-24-55-22-18-38(50)48-46(15,16)30-32-27-35(43(7,8)9)40(52)36(28-32)44(10,11)12/h25-28,51-52H,17-24,29-30H2,1-16H3,(H,47,49)(H,48,50). The van der Waals surface area contributed by atoms with Gasteiger partial charge in [0.05, 0.1) is 13.2 Å². The average Bonchev–Trinajstić information content (AvgIpc) is 2.98. The SMILES string of the molecule is CC(C)(Cc1cc(C(C)(C)C)c(O)c(C(C)(C)C)c1)NC(=O)CCSCCOCCSCCC(=O)NC(C)(C)Cc1cc(C(C)(C)C)c(O)c(C(C)(C)C)c1. The fourth-order valence-corrected chi connectivity index (χ4v) is 8.28. The number of nitrogens with one attached hydrogen (secondary N) is 2. The van der Waals surface area contributed by atoms with Gasteiger partial charge < -0.3 is 25.6 Å². The van der Waals surface area contributed by atoms with Crippen LogP contribution < -0.4 is 10.6 Å². The molecular weight excluding hydrogens is 725 g/mol. The topological polar surface area (TPSA) is 108 Å². The Morgan fingerprint density at radius 3 is 1.04 bits per heavy atom. The molecule has 9 heteroatoms. The molecule has 0 fully saturated rings. The summed E-state index contributed by atoms with van der Waals surface area (Å²) in [6.07, 6.45) is 2.24. The molecule has 0 aliphatic heterocycles. The van der Waals surface area contributed by atoms with Crippen molar-refractivity contribution in [3.63, 3.8) is 0 Å². The zero-order valence-corrected chi connectivity index (χ0v) is 38.9. The van der Waals surface area contributed by atoms with E-state index in [1.165, 1.54) is 0 Å². The summed E-state index contributed by atoms with van der Waals surface area (Å²) in [5.74, 6) is 3.94. The molecular formula is C46H76N2O5S2. The van der Waals surface area contributed by atoms with E-state index >= 15 is 0 Å². The molecule has 0 heterocycles. The van der Waals surface area contributed by atoms with E-state index in [1.54, 1.807) is 23.5 Å². The molecule has 0 aliphatic carbocycles. The molecule has 0 radical (unpaired) electrons. The first-order valence-corrected chi connectivity index (χ1v) is 22.3.